The van der Waals surface area contributed by atoms with Crippen molar-refractivity contribution in [1.29, 1.82) is 0 Å². The minimum absolute atomic E-state index is 0.0502. The van der Waals surface area contributed by atoms with Gasteiger partial charge in [0.05, 0.1) is 18.7 Å². The first-order valence-electron chi connectivity index (χ1n) is 6.37. The van der Waals surface area contributed by atoms with Crippen LogP contribution in [0.2, 0.25) is 0 Å². The molecule has 0 aliphatic rings. The van der Waals surface area contributed by atoms with Gasteiger partial charge in [-0.1, -0.05) is 19.1 Å². The molecule has 1 aromatic rings. The molecule has 0 aliphatic heterocycles. The van der Waals surface area contributed by atoms with Crippen LogP contribution in [-0.4, -0.2) is 18.6 Å². The Balaban J connectivity index is 2.61. The highest BCUT2D eigenvalue weighted by Gasteiger charge is 2.14. The average Bonchev–Trinajstić information content (AvgIpc) is 2.38. The zero-order chi connectivity index (χ0) is 13.5. The van der Waals surface area contributed by atoms with E-state index in [4.69, 9.17) is 10.5 Å². The summed E-state index contributed by atoms with van der Waals surface area (Å²) in [5.41, 5.74) is 6.71. The van der Waals surface area contributed by atoms with E-state index >= 15 is 0 Å². The Bertz CT molecular complexity index is 376. The molecule has 0 radical (unpaired) electrons. The number of nitrogens with one attached hydrogen (secondary N) is 1. The van der Waals surface area contributed by atoms with Gasteiger partial charge in [0.1, 0.15) is 5.75 Å². The molecule has 100 valence electrons. The second-order valence-electron chi connectivity index (χ2n) is 4.25. The second-order valence-corrected chi connectivity index (χ2v) is 4.25. The molecule has 0 heterocycles. The standard InChI is InChI=1S/C14H22N2O2/c1-4-13(15)14(17)16-10(3)11-6-8-12(9-7-11)18-5-2/h6-10,13H,4-5,15H2,1-3H3,(H,16,17)/t10?,13-/m0/s1. The van der Waals surface area contributed by atoms with Crippen LogP contribution in [0, 0.1) is 0 Å². The van der Waals surface area contributed by atoms with Crippen LogP contribution in [0.5, 0.6) is 5.75 Å². The molecule has 1 aromatic carbocycles. The third kappa shape index (κ3) is 4.04. The SMILES string of the molecule is CCOc1ccc(C(C)NC(=O)[C@@H](N)CC)cc1. The summed E-state index contributed by atoms with van der Waals surface area (Å²) in [6, 6.07) is 7.23. The van der Waals surface area contributed by atoms with Crippen molar-refractivity contribution in [2.75, 3.05) is 6.61 Å². The van der Waals surface area contributed by atoms with Gasteiger partial charge in [-0.15, -0.1) is 0 Å². The van der Waals surface area contributed by atoms with Gasteiger partial charge in [-0.05, 0) is 38.0 Å². The maximum atomic E-state index is 11.7. The fraction of sp³-hybridized carbons (Fsp3) is 0.500. The first-order chi connectivity index (χ1) is 8.58. The summed E-state index contributed by atoms with van der Waals surface area (Å²) in [5, 5.41) is 2.89. The lowest BCUT2D eigenvalue weighted by molar-refractivity contribution is -0.123. The molecule has 0 aliphatic carbocycles. The zero-order valence-corrected chi connectivity index (χ0v) is 11.3. The van der Waals surface area contributed by atoms with Crippen LogP contribution in [0.15, 0.2) is 24.3 Å². The number of rotatable bonds is 6. The lowest BCUT2D eigenvalue weighted by atomic mass is 10.1. The number of amides is 1. The monoisotopic (exact) mass is 250 g/mol. The highest BCUT2D eigenvalue weighted by Crippen LogP contribution is 2.17. The van der Waals surface area contributed by atoms with E-state index in [0.29, 0.717) is 13.0 Å². The molecule has 3 N–H and O–H groups in total. The van der Waals surface area contributed by atoms with E-state index in [2.05, 4.69) is 5.32 Å². The fourth-order valence-corrected chi connectivity index (χ4v) is 1.61. The Kier molecular flexibility index (Phi) is 5.65. The minimum atomic E-state index is -0.435. The van der Waals surface area contributed by atoms with Crippen LogP contribution >= 0.6 is 0 Å². The average molecular weight is 250 g/mol. The molecule has 18 heavy (non-hydrogen) atoms. The summed E-state index contributed by atoms with van der Waals surface area (Å²) >= 11 is 0. The second kappa shape index (κ2) is 7.01. The molecule has 0 saturated heterocycles. The van der Waals surface area contributed by atoms with Crippen molar-refractivity contribution in [1.82, 2.24) is 5.32 Å². The Hall–Kier alpha value is -1.55. The number of nitrogens with two attached hydrogens (primary N) is 1. The molecule has 0 bridgehead atoms. The van der Waals surface area contributed by atoms with E-state index in [-0.39, 0.29) is 11.9 Å². The van der Waals surface area contributed by atoms with Crippen molar-refractivity contribution in [2.24, 2.45) is 5.73 Å². The van der Waals surface area contributed by atoms with Crippen molar-refractivity contribution in [3.05, 3.63) is 29.8 Å². The van der Waals surface area contributed by atoms with E-state index in [1.54, 1.807) is 0 Å². The van der Waals surface area contributed by atoms with Gasteiger partial charge >= 0.3 is 0 Å². The molecule has 1 amide bonds. The van der Waals surface area contributed by atoms with E-state index < -0.39 is 6.04 Å². The summed E-state index contributed by atoms with van der Waals surface area (Å²) in [6.45, 7) is 6.43. The molecule has 2 atom stereocenters. The summed E-state index contributed by atoms with van der Waals surface area (Å²) in [4.78, 5) is 11.7. The van der Waals surface area contributed by atoms with Crippen molar-refractivity contribution < 1.29 is 9.53 Å². The highest BCUT2D eigenvalue weighted by atomic mass is 16.5. The largest absolute Gasteiger partial charge is 0.494 e. The first kappa shape index (κ1) is 14.5. The van der Waals surface area contributed by atoms with Crippen molar-refractivity contribution >= 4 is 5.91 Å². The van der Waals surface area contributed by atoms with E-state index in [0.717, 1.165) is 11.3 Å². The highest BCUT2D eigenvalue weighted by molar-refractivity contribution is 5.81. The minimum Gasteiger partial charge on any atom is -0.494 e. The topological polar surface area (TPSA) is 64.3 Å². The number of benzene rings is 1. The molecular weight excluding hydrogens is 228 g/mol. The maximum Gasteiger partial charge on any atom is 0.237 e. The number of carbonyl (C=O) groups excluding carboxylic acids is 1. The molecule has 4 heteroatoms. The van der Waals surface area contributed by atoms with Gasteiger partial charge in [-0.2, -0.15) is 0 Å². The van der Waals surface area contributed by atoms with Gasteiger partial charge in [0.15, 0.2) is 0 Å². The van der Waals surface area contributed by atoms with Gasteiger partial charge in [-0.25, -0.2) is 0 Å². The number of carbonyl (C=O) groups is 1. The number of hydrogen-bond donors (Lipinski definition) is 2. The molecular formula is C14H22N2O2. The molecule has 1 rings (SSSR count). The van der Waals surface area contributed by atoms with Crippen LogP contribution in [0.25, 0.3) is 0 Å². The lowest BCUT2D eigenvalue weighted by Gasteiger charge is -2.17. The summed E-state index contributed by atoms with van der Waals surface area (Å²) in [5.74, 6) is 0.726. The molecule has 0 spiro atoms. The number of ether oxygens (including phenoxy) is 1. The summed E-state index contributed by atoms with van der Waals surface area (Å²) in [6.07, 6.45) is 0.641. The Morgan fingerprint density at radius 2 is 1.94 bits per heavy atom. The smallest absolute Gasteiger partial charge is 0.237 e. The third-order valence-electron chi connectivity index (χ3n) is 2.83. The van der Waals surface area contributed by atoms with Gasteiger partial charge in [0.25, 0.3) is 0 Å². The molecule has 0 saturated carbocycles. The Morgan fingerprint density at radius 1 is 1.33 bits per heavy atom. The maximum absolute atomic E-state index is 11.7. The molecule has 1 unspecified atom stereocenters. The van der Waals surface area contributed by atoms with E-state index in [1.807, 2.05) is 45.0 Å². The number of hydrogen-bond acceptors (Lipinski definition) is 3. The Morgan fingerprint density at radius 3 is 2.44 bits per heavy atom. The van der Waals surface area contributed by atoms with Gasteiger partial charge < -0.3 is 15.8 Å². The van der Waals surface area contributed by atoms with E-state index in [9.17, 15) is 4.79 Å². The summed E-state index contributed by atoms with van der Waals surface area (Å²) < 4.78 is 5.37. The molecule has 0 aromatic heterocycles. The Labute approximate surface area is 109 Å². The fourth-order valence-electron chi connectivity index (χ4n) is 1.61. The van der Waals surface area contributed by atoms with Gasteiger partial charge in [0, 0.05) is 0 Å². The molecule has 4 nitrogen and oxygen atoms in total. The van der Waals surface area contributed by atoms with Crippen LogP contribution in [0.1, 0.15) is 38.8 Å². The first-order valence-corrected chi connectivity index (χ1v) is 6.37. The van der Waals surface area contributed by atoms with Crippen molar-refractivity contribution in [3.8, 4) is 5.75 Å². The van der Waals surface area contributed by atoms with Crippen molar-refractivity contribution in [2.45, 2.75) is 39.3 Å². The van der Waals surface area contributed by atoms with Crippen molar-refractivity contribution in [3.63, 3.8) is 0 Å². The quantitative estimate of drug-likeness (QED) is 0.811. The van der Waals surface area contributed by atoms with Crippen LogP contribution < -0.4 is 15.8 Å². The van der Waals surface area contributed by atoms with Crippen LogP contribution in [0.4, 0.5) is 0 Å². The normalized spacial score (nSPS) is 13.8. The lowest BCUT2D eigenvalue weighted by Crippen LogP contribution is -2.41. The predicted octanol–water partition coefficient (Wildman–Crippen LogP) is 2.00. The van der Waals surface area contributed by atoms with Crippen LogP contribution in [-0.2, 0) is 4.79 Å². The third-order valence-corrected chi connectivity index (χ3v) is 2.83. The predicted molar refractivity (Wildman–Crippen MR) is 72.4 cm³/mol. The molecule has 0 fully saturated rings. The van der Waals surface area contributed by atoms with E-state index in [1.165, 1.54) is 0 Å². The zero-order valence-electron chi connectivity index (χ0n) is 11.3. The van der Waals surface area contributed by atoms with Gasteiger partial charge in [-0.3, -0.25) is 4.79 Å². The summed E-state index contributed by atoms with van der Waals surface area (Å²) in [7, 11) is 0. The van der Waals surface area contributed by atoms with Crippen LogP contribution in [0.3, 0.4) is 0 Å². The van der Waals surface area contributed by atoms with Gasteiger partial charge in [0.2, 0.25) is 5.91 Å².